The minimum atomic E-state index is -3.21. The quantitative estimate of drug-likeness (QED) is 0.821. The minimum Gasteiger partial charge on any atom is -0.337 e. The molecule has 1 aromatic heterocycles. The number of likely N-dealkylation sites (tertiary alicyclic amines) is 1. The van der Waals surface area contributed by atoms with Crippen molar-refractivity contribution in [3.05, 3.63) is 18.0 Å². The molecule has 3 rings (SSSR count). The maximum atomic E-state index is 12.6. The Morgan fingerprint density at radius 1 is 1.17 bits per heavy atom. The van der Waals surface area contributed by atoms with Gasteiger partial charge in [0.25, 0.3) is 5.91 Å². The minimum absolute atomic E-state index is 0.105. The third-order valence-electron chi connectivity index (χ3n) is 4.93. The fourth-order valence-electron chi connectivity index (χ4n) is 3.41. The molecule has 134 valence electrons. The lowest BCUT2D eigenvalue weighted by Crippen LogP contribution is -2.46. The Morgan fingerprint density at radius 2 is 1.79 bits per heavy atom. The molecule has 0 aromatic carbocycles. The van der Waals surface area contributed by atoms with Crippen LogP contribution >= 0.6 is 0 Å². The predicted molar refractivity (Wildman–Crippen MR) is 91.3 cm³/mol. The van der Waals surface area contributed by atoms with Gasteiger partial charge in [-0.15, -0.1) is 0 Å². The van der Waals surface area contributed by atoms with Gasteiger partial charge in [0.2, 0.25) is 10.0 Å². The fourth-order valence-corrected chi connectivity index (χ4v) is 5.41. The molecule has 1 aromatic rings. The average Bonchev–Trinajstić information content (AvgIpc) is 3.26. The molecule has 0 radical (unpaired) electrons. The number of piperidine rings is 1. The van der Waals surface area contributed by atoms with Crippen LogP contribution in [-0.4, -0.2) is 64.7 Å². The summed E-state index contributed by atoms with van der Waals surface area (Å²) in [6, 6.07) is 1.94. The summed E-state index contributed by atoms with van der Waals surface area (Å²) < 4.78 is 28.6. The van der Waals surface area contributed by atoms with E-state index in [2.05, 4.69) is 5.10 Å². The van der Waals surface area contributed by atoms with E-state index in [4.69, 9.17) is 0 Å². The van der Waals surface area contributed by atoms with E-state index < -0.39 is 10.0 Å². The van der Waals surface area contributed by atoms with Crippen LogP contribution in [0.25, 0.3) is 0 Å². The van der Waals surface area contributed by atoms with Gasteiger partial charge < -0.3 is 4.90 Å². The van der Waals surface area contributed by atoms with Crippen molar-refractivity contribution in [2.45, 2.75) is 50.8 Å². The van der Waals surface area contributed by atoms with E-state index in [9.17, 15) is 13.2 Å². The molecule has 2 saturated heterocycles. The first-order valence-electron chi connectivity index (χ1n) is 8.73. The number of carbonyl (C=O) groups excluding carboxylic acids is 1. The summed E-state index contributed by atoms with van der Waals surface area (Å²) in [5.41, 5.74) is 0.435. The van der Waals surface area contributed by atoms with Crippen LogP contribution in [-0.2, 0) is 10.0 Å². The van der Waals surface area contributed by atoms with E-state index in [1.807, 2.05) is 20.0 Å². The molecule has 0 saturated carbocycles. The van der Waals surface area contributed by atoms with Crippen LogP contribution in [0.2, 0.25) is 0 Å². The number of carbonyl (C=O) groups is 1. The molecule has 0 aliphatic carbocycles. The largest absolute Gasteiger partial charge is 0.337 e. The summed E-state index contributed by atoms with van der Waals surface area (Å²) in [5, 5.41) is 3.96. The molecular weight excluding hydrogens is 328 g/mol. The zero-order chi connectivity index (χ0) is 17.3. The van der Waals surface area contributed by atoms with E-state index in [1.54, 1.807) is 20.0 Å². The van der Waals surface area contributed by atoms with Crippen molar-refractivity contribution in [2.75, 3.05) is 26.2 Å². The summed E-state index contributed by atoms with van der Waals surface area (Å²) in [7, 11) is -3.21. The van der Waals surface area contributed by atoms with Crippen LogP contribution in [0.1, 0.15) is 56.1 Å². The first-order chi connectivity index (χ1) is 11.4. The maximum absolute atomic E-state index is 12.6. The van der Waals surface area contributed by atoms with Gasteiger partial charge in [-0.05, 0) is 45.6 Å². The highest BCUT2D eigenvalue weighted by Gasteiger charge is 2.37. The molecule has 2 fully saturated rings. The highest BCUT2D eigenvalue weighted by molar-refractivity contribution is 7.89. The first-order valence-corrected chi connectivity index (χ1v) is 10.2. The SMILES string of the molecule is CC(C)n1ccc(C(=O)N2CCC(S(=O)(=O)N3CCCC3)CC2)n1. The van der Waals surface area contributed by atoms with E-state index in [-0.39, 0.29) is 17.2 Å². The second-order valence-corrected chi connectivity index (χ2v) is 9.13. The van der Waals surface area contributed by atoms with Crippen molar-refractivity contribution < 1.29 is 13.2 Å². The first kappa shape index (κ1) is 17.4. The zero-order valence-corrected chi connectivity index (χ0v) is 15.2. The number of aromatic nitrogens is 2. The monoisotopic (exact) mass is 354 g/mol. The van der Waals surface area contributed by atoms with Crippen molar-refractivity contribution in [3.8, 4) is 0 Å². The third kappa shape index (κ3) is 3.35. The number of nitrogens with zero attached hydrogens (tertiary/aromatic N) is 4. The Balaban J connectivity index is 1.61. The number of amides is 1. The van der Waals surface area contributed by atoms with Gasteiger partial charge in [0, 0.05) is 38.4 Å². The van der Waals surface area contributed by atoms with Crippen molar-refractivity contribution in [1.29, 1.82) is 0 Å². The van der Waals surface area contributed by atoms with E-state index >= 15 is 0 Å². The molecule has 3 heterocycles. The summed E-state index contributed by atoms with van der Waals surface area (Å²) in [6.45, 7) is 6.27. The fraction of sp³-hybridized carbons (Fsp3) is 0.750. The lowest BCUT2D eigenvalue weighted by Gasteiger charge is -2.33. The average molecular weight is 354 g/mol. The van der Waals surface area contributed by atoms with Gasteiger partial charge in [-0.1, -0.05) is 0 Å². The van der Waals surface area contributed by atoms with E-state index in [0.717, 1.165) is 12.8 Å². The molecule has 24 heavy (non-hydrogen) atoms. The second-order valence-electron chi connectivity index (χ2n) is 6.92. The van der Waals surface area contributed by atoms with Gasteiger partial charge in [0.1, 0.15) is 5.69 Å². The number of hydrogen-bond donors (Lipinski definition) is 0. The van der Waals surface area contributed by atoms with Gasteiger partial charge in [-0.25, -0.2) is 12.7 Å². The predicted octanol–water partition coefficient (Wildman–Crippen LogP) is 1.49. The van der Waals surface area contributed by atoms with Crippen LogP contribution in [0.15, 0.2) is 12.3 Å². The Bertz CT molecular complexity index is 684. The van der Waals surface area contributed by atoms with E-state index in [1.165, 1.54) is 0 Å². The Morgan fingerprint density at radius 3 is 2.33 bits per heavy atom. The summed E-state index contributed by atoms with van der Waals surface area (Å²) in [5.74, 6) is -0.105. The molecule has 1 amide bonds. The van der Waals surface area contributed by atoms with Gasteiger partial charge in [0.15, 0.2) is 0 Å². The van der Waals surface area contributed by atoms with Crippen LogP contribution in [0.3, 0.4) is 0 Å². The van der Waals surface area contributed by atoms with Crippen molar-refractivity contribution in [2.24, 2.45) is 0 Å². The molecule has 2 aliphatic rings. The Hall–Kier alpha value is -1.41. The smallest absolute Gasteiger partial charge is 0.274 e. The molecular formula is C16H26N4O3S. The van der Waals surface area contributed by atoms with Crippen molar-refractivity contribution >= 4 is 15.9 Å². The number of sulfonamides is 1. The van der Waals surface area contributed by atoms with Crippen molar-refractivity contribution in [3.63, 3.8) is 0 Å². The molecule has 7 nitrogen and oxygen atoms in total. The van der Waals surface area contributed by atoms with E-state index in [0.29, 0.717) is 44.7 Å². The Kier molecular flexibility index (Phi) is 4.96. The van der Waals surface area contributed by atoms with Gasteiger partial charge in [0.05, 0.1) is 5.25 Å². The van der Waals surface area contributed by atoms with Gasteiger partial charge in [-0.3, -0.25) is 9.48 Å². The standard InChI is InChI=1S/C16H26N4O3S/c1-13(2)20-12-7-15(17-20)16(21)18-10-5-14(6-11-18)24(22,23)19-8-3-4-9-19/h7,12-14H,3-6,8-11H2,1-2H3. The molecule has 0 bridgehead atoms. The summed E-state index contributed by atoms with van der Waals surface area (Å²) in [6.07, 6.45) is 4.73. The van der Waals surface area contributed by atoms with Crippen LogP contribution in [0, 0.1) is 0 Å². The topological polar surface area (TPSA) is 75.5 Å². The highest BCUT2D eigenvalue weighted by atomic mass is 32.2. The summed E-state index contributed by atoms with van der Waals surface area (Å²) >= 11 is 0. The van der Waals surface area contributed by atoms with Crippen LogP contribution in [0.4, 0.5) is 0 Å². The lowest BCUT2D eigenvalue weighted by molar-refractivity contribution is 0.0717. The molecule has 0 N–H and O–H groups in total. The third-order valence-corrected chi connectivity index (χ3v) is 7.33. The molecule has 8 heteroatoms. The normalized spacial score (nSPS) is 20.9. The van der Waals surface area contributed by atoms with Crippen LogP contribution in [0.5, 0.6) is 0 Å². The second kappa shape index (κ2) is 6.84. The molecule has 0 spiro atoms. The maximum Gasteiger partial charge on any atom is 0.274 e. The van der Waals surface area contributed by atoms with Gasteiger partial charge in [-0.2, -0.15) is 5.10 Å². The number of hydrogen-bond acceptors (Lipinski definition) is 4. The number of rotatable bonds is 4. The van der Waals surface area contributed by atoms with Crippen molar-refractivity contribution in [1.82, 2.24) is 19.0 Å². The zero-order valence-electron chi connectivity index (χ0n) is 14.4. The molecule has 0 unspecified atom stereocenters. The molecule has 2 aliphatic heterocycles. The lowest BCUT2D eigenvalue weighted by atomic mass is 10.1. The molecule has 0 atom stereocenters. The Labute approximate surface area is 143 Å². The summed E-state index contributed by atoms with van der Waals surface area (Å²) in [4.78, 5) is 14.3. The highest BCUT2D eigenvalue weighted by Crippen LogP contribution is 2.25. The van der Waals surface area contributed by atoms with Crippen LogP contribution < -0.4 is 0 Å². The van der Waals surface area contributed by atoms with Gasteiger partial charge >= 0.3 is 0 Å².